The first-order chi connectivity index (χ1) is 31.5. The first-order valence-electron chi connectivity index (χ1n) is 23.4. The molecule has 0 saturated carbocycles. The standard InChI is InChI=1S/C54H68N4O8Si/c1-31(2)24-36(27-45(60)44(25-32(3)4)57-49(62)22-23-50(63)64)54(66)58-52(33(5)6)46(61)28-37(26-35-14-18-40(59)19-15-35)53(65)56-39-17-21-43-48(30-39)67(8,9)47-29-38(55)16-20-42(47)51(43)41-13-11-10-12-34(41)7/h10-21,29-33,36-37,44,52,59H,22-28,55H2,1-9H3,(H,57,62)(H,58,66)(H,63,64)/t36-,37-,44+,52+/m1/s1. The molecule has 12 nitrogen and oxygen atoms in total. The molecule has 1 heterocycles. The largest absolute Gasteiger partial charge is 0.508 e. The number of fused-ring (bicyclic) bond motifs is 2. The Morgan fingerprint density at radius 2 is 1.42 bits per heavy atom. The Morgan fingerprint density at radius 3 is 2.04 bits per heavy atom. The molecular formula is C54H68N4O8Si. The van der Waals surface area contributed by atoms with Crippen molar-refractivity contribution in [2.45, 2.75) is 119 Å². The van der Waals surface area contributed by atoms with Gasteiger partial charge >= 0.3 is 5.97 Å². The van der Waals surface area contributed by atoms with Gasteiger partial charge < -0.3 is 26.6 Å². The van der Waals surface area contributed by atoms with Gasteiger partial charge in [0.2, 0.25) is 17.7 Å². The summed E-state index contributed by atoms with van der Waals surface area (Å²) in [5.41, 5.74) is 13.8. The van der Waals surface area contributed by atoms with E-state index in [2.05, 4.69) is 59.9 Å². The van der Waals surface area contributed by atoms with Gasteiger partial charge in [0, 0.05) is 30.9 Å². The smallest absolute Gasteiger partial charge is 0.303 e. The van der Waals surface area contributed by atoms with Gasteiger partial charge in [-0.3, -0.25) is 28.8 Å². The molecule has 0 spiro atoms. The number of aliphatic carboxylic acids is 1. The number of benzene rings is 3. The number of anilines is 1. The maximum absolute atomic E-state index is 14.5. The number of allylic oxidation sites excluding steroid dienone is 5. The molecule has 0 bridgehead atoms. The molecule has 6 N–H and O–H groups in total. The van der Waals surface area contributed by atoms with Crippen LogP contribution in [-0.4, -0.2) is 71.3 Å². The molecule has 67 heavy (non-hydrogen) atoms. The third-order valence-corrected chi connectivity index (χ3v) is 16.2. The Balaban J connectivity index is 1.44. The molecule has 5 rings (SSSR count). The average molecular weight is 929 g/mol. The highest BCUT2D eigenvalue weighted by Gasteiger charge is 2.40. The summed E-state index contributed by atoms with van der Waals surface area (Å²) in [4.78, 5) is 85.3. The summed E-state index contributed by atoms with van der Waals surface area (Å²) in [6, 6.07) is 18.9. The molecule has 0 unspecified atom stereocenters. The van der Waals surface area contributed by atoms with E-state index < -0.39 is 55.7 Å². The van der Waals surface area contributed by atoms with Gasteiger partial charge in [-0.2, -0.15) is 0 Å². The number of phenols is 1. The number of carbonyl (C=O) groups excluding carboxylic acids is 5. The van der Waals surface area contributed by atoms with Crippen molar-refractivity contribution in [3.05, 3.63) is 118 Å². The van der Waals surface area contributed by atoms with Crippen LogP contribution in [0.3, 0.4) is 0 Å². The fraction of sp³-hybridized carbons (Fsp3) is 0.426. The molecule has 2 aliphatic rings. The number of ketones is 2. The van der Waals surface area contributed by atoms with Crippen molar-refractivity contribution in [3.8, 4) is 5.75 Å². The van der Waals surface area contributed by atoms with Crippen LogP contribution in [0.15, 0.2) is 101 Å². The third-order valence-electron chi connectivity index (χ3n) is 12.7. The van der Waals surface area contributed by atoms with Crippen LogP contribution in [0.5, 0.6) is 5.75 Å². The second kappa shape index (κ2) is 22.5. The minimum Gasteiger partial charge on any atom is -0.508 e. The van der Waals surface area contributed by atoms with Gasteiger partial charge in [0.1, 0.15) is 13.8 Å². The topological polar surface area (TPSA) is 205 Å². The van der Waals surface area contributed by atoms with Crippen LogP contribution in [0, 0.1) is 36.5 Å². The van der Waals surface area contributed by atoms with Crippen molar-refractivity contribution in [1.82, 2.24) is 10.6 Å². The van der Waals surface area contributed by atoms with Crippen LogP contribution in [0.4, 0.5) is 5.69 Å². The van der Waals surface area contributed by atoms with E-state index in [1.807, 2.05) is 78.0 Å². The van der Waals surface area contributed by atoms with Crippen molar-refractivity contribution in [2.75, 3.05) is 5.73 Å². The van der Waals surface area contributed by atoms with Crippen molar-refractivity contribution in [1.29, 1.82) is 0 Å². The van der Waals surface area contributed by atoms with Crippen molar-refractivity contribution >= 4 is 65.5 Å². The lowest BCUT2D eigenvalue weighted by Crippen LogP contribution is -2.49. The number of amides is 3. The molecule has 3 aromatic rings. The normalized spacial score (nSPS) is 16.5. The van der Waals surface area contributed by atoms with E-state index in [0.29, 0.717) is 24.2 Å². The number of nitrogen functional groups attached to an aromatic ring is 1. The number of phenolic OH excluding ortho intramolecular Hbond substituents is 1. The molecule has 1 aliphatic carbocycles. The zero-order valence-corrected chi connectivity index (χ0v) is 41.4. The SMILES string of the molecule is Cc1ccccc1C1=C2C=CC(=NC(=O)[C@@H](CC(=O)[C@@H](NC(=O)[C@@H](CC(=O)[C@H](CC(C)C)NC(=O)CCC(=O)O)CC(C)C)C(C)C)Cc3ccc(O)cc3)C=C2[Si](C)(C)c2cc(N)ccc21. The number of aliphatic imine (C=N–C) groups is 1. The quantitative estimate of drug-likeness (QED) is 0.0518. The lowest BCUT2D eigenvalue weighted by atomic mass is 9.86. The summed E-state index contributed by atoms with van der Waals surface area (Å²) in [5, 5.41) is 27.0. The maximum atomic E-state index is 14.5. The van der Waals surface area contributed by atoms with Crippen LogP contribution in [0.25, 0.3) is 5.57 Å². The van der Waals surface area contributed by atoms with E-state index in [9.17, 15) is 33.9 Å². The summed E-state index contributed by atoms with van der Waals surface area (Å²) in [6.07, 6.45) is 5.61. The molecule has 0 saturated heterocycles. The summed E-state index contributed by atoms with van der Waals surface area (Å²) in [5.74, 6) is -5.39. The highest BCUT2D eigenvalue weighted by atomic mass is 28.3. The number of carboxylic acid groups (broad SMARTS) is 1. The molecule has 13 heteroatoms. The first kappa shape index (κ1) is 51.8. The number of nitrogens with one attached hydrogen (secondary N) is 2. The number of hydrogen-bond donors (Lipinski definition) is 5. The van der Waals surface area contributed by atoms with E-state index in [1.54, 1.807) is 12.1 Å². The Hall–Kier alpha value is -6.21. The Bertz CT molecular complexity index is 2500. The molecular weight excluding hydrogens is 861 g/mol. The fourth-order valence-electron chi connectivity index (χ4n) is 9.18. The number of carbonyl (C=O) groups is 6. The number of hydrogen-bond acceptors (Lipinski definition) is 8. The zero-order chi connectivity index (χ0) is 49.3. The fourth-order valence-corrected chi connectivity index (χ4v) is 12.3. The van der Waals surface area contributed by atoms with E-state index in [0.717, 1.165) is 38.6 Å². The maximum Gasteiger partial charge on any atom is 0.303 e. The number of Topliss-reactive ketones (excluding diaryl/α,β-unsaturated/α-hetero) is 2. The Kier molecular flexibility index (Phi) is 17.4. The van der Waals surface area contributed by atoms with Crippen LogP contribution < -0.4 is 21.6 Å². The van der Waals surface area contributed by atoms with Gasteiger partial charge in [-0.05, 0) is 124 Å². The number of nitrogens with two attached hydrogens (primary N) is 1. The summed E-state index contributed by atoms with van der Waals surface area (Å²) in [7, 11) is -2.41. The van der Waals surface area contributed by atoms with Crippen molar-refractivity contribution in [3.63, 3.8) is 0 Å². The lowest BCUT2D eigenvalue weighted by molar-refractivity contribution is -0.139. The molecule has 0 radical (unpaired) electrons. The number of carboxylic acids is 1. The predicted octanol–water partition coefficient (Wildman–Crippen LogP) is 7.99. The van der Waals surface area contributed by atoms with E-state index in [4.69, 9.17) is 10.8 Å². The van der Waals surface area contributed by atoms with E-state index in [1.165, 1.54) is 17.3 Å². The summed E-state index contributed by atoms with van der Waals surface area (Å²) < 4.78 is 0. The van der Waals surface area contributed by atoms with Gasteiger partial charge in [0.25, 0.3) is 0 Å². The zero-order valence-electron chi connectivity index (χ0n) is 40.4. The van der Waals surface area contributed by atoms with Crippen LogP contribution >= 0.6 is 0 Å². The average Bonchev–Trinajstić information content (AvgIpc) is 3.25. The predicted molar refractivity (Wildman–Crippen MR) is 267 cm³/mol. The van der Waals surface area contributed by atoms with Gasteiger partial charge in [-0.25, -0.2) is 4.99 Å². The lowest BCUT2D eigenvalue weighted by Gasteiger charge is -2.38. The Labute approximate surface area is 396 Å². The molecule has 0 fully saturated rings. The minimum absolute atomic E-state index is 0.0102. The van der Waals surface area contributed by atoms with Crippen LogP contribution in [0.1, 0.15) is 102 Å². The highest BCUT2D eigenvalue weighted by Crippen LogP contribution is 2.42. The minimum atomic E-state index is -2.41. The van der Waals surface area contributed by atoms with Crippen molar-refractivity contribution in [2.24, 2.45) is 34.6 Å². The van der Waals surface area contributed by atoms with Gasteiger partial charge in [0.05, 0.1) is 30.1 Å². The van der Waals surface area contributed by atoms with Gasteiger partial charge in [-0.1, -0.05) is 103 Å². The molecule has 4 atom stereocenters. The summed E-state index contributed by atoms with van der Waals surface area (Å²) in [6.45, 7) is 17.9. The number of nitrogens with zero attached hydrogens (tertiary/aromatic N) is 1. The first-order valence-corrected chi connectivity index (χ1v) is 26.4. The molecule has 3 aromatic carbocycles. The second-order valence-corrected chi connectivity index (χ2v) is 24.2. The second-order valence-electron chi connectivity index (χ2n) is 19.9. The van der Waals surface area contributed by atoms with Crippen LogP contribution in [0.2, 0.25) is 13.1 Å². The number of aryl methyl sites for hydroxylation is 1. The number of aromatic hydroxyl groups is 1. The molecule has 1 aliphatic heterocycles. The van der Waals surface area contributed by atoms with E-state index in [-0.39, 0.29) is 67.2 Å². The van der Waals surface area contributed by atoms with Gasteiger partial charge in [0.15, 0.2) is 11.6 Å². The monoisotopic (exact) mass is 928 g/mol. The van der Waals surface area contributed by atoms with Crippen LogP contribution in [-0.2, 0) is 35.2 Å². The molecule has 0 aromatic heterocycles. The van der Waals surface area contributed by atoms with Crippen molar-refractivity contribution < 1.29 is 39.0 Å². The highest BCUT2D eigenvalue weighted by molar-refractivity contribution is 6.98. The molecule has 3 amide bonds. The molecule has 356 valence electrons. The number of rotatable bonds is 21. The Morgan fingerprint density at radius 1 is 0.761 bits per heavy atom. The summed E-state index contributed by atoms with van der Waals surface area (Å²) >= 11 is 0. The van der Waals surface area contributed by atoms with E-state index >= 15 is 0 Å². The van der Waals surface area contributed by atoms with Gasteiger partial charge in [-0.15, -0.1) is 0 Å². The third kappa shape index (κ3) is 13.5.